The highest BCUT2D eigenvalue weighted by molar-refractivity contribution is 6.32. The summed E-state index contributed by atoms with van der Waals surface area (Å²) in [7, 11) is 0. The fraction of sp³-hybridized carbons (Fsp3) is 0.350. The Kier molecular flexibility index (Phi) is 4.91. The number of halogens is 1. The molecule has 0 saturated heterocycles. The normalized spacial score (nSPS) is 18.0. The molecule has 1 amide bonds. The zero-order valence-electron chi connectivity index (χ0n) is 14.6. The van der Waals surface area contributed by atoms with Crippen LogP contribution >= 0.6 is 11.6 Å². The molecule has 3 rings (SSSR count). The van der Waals surface area contributed by atoms with Gasteiger partial charge < -0.3 is 14.8 Å². The van der Waals surface area contributed by atoms with Crippen LogP contribution in [0.3, 0.4) is 0 Å². The van der Waals surface area contributed by atoms with Crippen molar-refractivity contribution in [3.8, 4) is 11.5 Å². The molecule has 0 radical (unpaired) electrons. The summed E-state index contributed by atoms with van der Waals surface area (Å²) >= 11 is 6.20. The first-order valence-corrected chi connectivity index (χ1v) is 8.78. The number of hydrogen-bond donors (Lipinski definition) is 1. The molecule has 0 aromatic heterocycles. The Morgan fingerprint density at radius 3 is 2.80 bits per heavy atom. The summed E-state index contributed by atoms with van der Waals surface area (Å²) in [6, 6.07) is 12.8. The van der Waals surface area contributed by atoms with Crippen molar-refractivity contribution in [1.82, 2.24) is 5.32 Å². The summed E-state index contributed by atoms with van der Waals surface area (Å²) in [5.74, 6) is 1.23. The van der Waals surface area contributed by atoms with Crippen LogP contribution in [0.15, 0.2) is 42.5 Å². The lowest BCUT2D eigenvalue weighted by Crippen LogP contribution is -2.41. The highest BCUT2D eigenvalue weighted by atomic mass is 35.5. The van der Waals surface area contributed by atoms with Gasteiger partial charge >= 0.3 is 0 Å². The molecule has 4 nitrogen and oxygen atoms in total. The van der Waals surface area contributed by atoms with E-state index < -0.39 is 0 Å². The molecule has 0 unspecified atom stereocenters. The Bertz CT molecular complexity index is 788. The van der Waals surface area contributed by atoms with Gasteiger partial charge in [-0.2, -0.15) is 0 Å². The SMILES string of the molecule is CCOc1ccc(C(=O)N[C@H]2CC(C)(C)Oc3ccccc32)cc1Cl. The van der Waals surface area contributed by atoms with Crippen LogP contribution in [-0.2, 0) is 0 Å². The molecule has 0 spiro atoms. The van der Waals surface area contributed by atoms with Crippen LogP contribution in [0.4, 0.5) is 0 Å². The van der Waals surface area contributed by atoms with Gasteiger partial charge in [-0.1, -0.05) is 29.8 Å². The van der Waals surface area contributed by atoms with E-state index in [-0.39, 0.29) is 17.6 Å². The van der Waals surface area contributed by atoms with Crippen molar-refractivity contribution in [3.05, 3.63) is 58.6 Å². The van der Waals surface area contributed by atoms with Crippen molar-refractivity contribution >= 4 is 17.5 Å². The van der Waals surface area contributed by atoms with Gasteiger partial charge in [0.1, 0.15) is 17.1 Å². The lowest BCUT2D eigenvalue weighted by Gasteiger charge is -2.37. The van der Waals surface area contributed by atoms with Crippen LogP contribution < -0.4 is 14.8 Å². The molecule has 1 aliphatic rings. The Morgan fingerprint density at radius 2 is 2.08 bits per heavy atom. The van der Waals surface area contributed by atoms with Gasteiger partial charge in [-0.25, -0.2) is 0 Å². The second kappa shape index (κ2) is 6.96. The van der Waals surface area contributed by atoms with Gasteiger partial charge in [0.15, 0.2) is 0 Å². The number of benzene rings is 2. The number of hydrogen-bond acceptors (Lipinski definition) is 3. The second-order valence-corrected chi connectivity index (χ2v) is 7.12. The molecule has 1 N–H and O–H groups in total. The number of nitrogens with one attached hydrogen (secondary N) is 1. The first kappa shape index (κ1) is 17.6. The van der Waals surface area contributed by atoms with Crippen LogP contribution in [0.1, 0.15) is 49.2 Å². The molecule has 2 aromatic carbocycles. The summed E-state index contributed by atoms with van der Waals surface area (Å²) in [5, 5.41) is 3.54. The summed E-state index contributed by atoms with van der Waals surface area (Å²) in [4.78, 5) is 12.7. The molecule has 1 heterocycles. The molecule has 1 atom stereocenters. The summed E-state index contributed by atoms with van der Waals surface area (Å²) in [6.45, 7) is 6.46. The fourth-order valence-corrected chi connectivity index (χ4v) is 3.32. The Labute approximate surface area is 153 Å². The summed E-state index contributed by atoms with van der Waals surface area (Å²) in [6.07, 6.45) is 0.695. The van der Waals surface area contributed by atoms with Crippen molar-refractivity contribution in [1.29, 1.82) is 0 Å². The summed E-state index contributed by atoms with van der Waals surface area (Å²) < 4.78 is 11.4. The number of carbonyl (C=O) groups is 1. The Morgan fingerprint density at radius 1 is 1.32 bits per heavy atom. The lowest BCUT2D eigenvalue weighted by atomic mass is 9.89. The molecule has 1 aliphatic heterocycles. The molecule has 0 bridgehead atoms. The van der Waals surface area contributed by atoms with E-state index in [1.54, 1.807) is 18.2 Å². The molecule has 2 aromatic rings. The third kappa shape index (κ3) is 3.90. The molecule has 132 valence electrons. The monoisotopic (exact) mass is 359 g/mol. The topological polar surface area (TPSA) is 47.6 Å². The van der Waals surface area contributed by atoms with E-state index in [4.69, 9.17) is 21.1 Å². The van der Waals surface area contributed by atoms with Crippen molar-refractivity contribution in [3.63, 3.8) is 0 Å². The maximum atomic E-state index is 12.7. The van der Waals surface area contributed by atoms with Gasteiger partial charge in [0.05, 0.1) is 17.7 Å². The number of carbonyl (C=O) groups excluding carboxylic acids is 1. The van der Waals surface area contributed by atoms with Gasteiger partial charge in [0.25, 0.3) is 5.91 Å². The van der Waals surface area contributed by atoms with Gasteiger partial charge in [-0.15, -0.1) is 0 Å². The van der Waals surface area contributed by atoms with Crippen molar-refractivity contribution in [2.24, 2.45) is 0 Å². The number of amides is 1. The third-order valence-corrected chi connectivity index (χ3v) is 4.47. The van der Waals surface area contributed by atoms with E-state index in [0.717, 1.165) is 11.3 Å². The number of rotatable bonds is 4. The average molecular weight is 360 g/mol. The smallest absolute Gasteiger partial charge is 0.251 e. The molecular weight excluding hydrogens is 338 g/mol. The summed E-state index contributed by atoms with van der Waals surface area (Å²) in [5.41, 5.74) is 1.16. The fourth-order valence-electron chi connectivity index (χ4n) is 3.09. The maximum Gasteiger partial charge on any atom is 0.251 e. The van der Waals surface area contributed by atoms with Crippen LogP contribution in [0, 0.1) is 0 Å². The molecular formula is C20H22ClNO3. The zero-order valence-corrected chi connectivity index (χ0v) is 15.4. The minimum atomic E-state index is -0.344. The number of fused-ring (bicyclic) bond motifs is 1. The molecule has 25 heavy (non-hydrogen) atoms. The zero-order chi connectivity index (χ0) is 18.0. The number of ether oxygens (including phenoxy) is 2. The van der Waals surface area contributed by atoms with Crippen molar-refractivity contribution in [2.75, 3.05) is 6.61 Å². The van der Waals surface area contributed by atoms with E-state index in [1.807, 2.05) is 45.0 Å². The molecule has 0 saturated carbocycles. The molecule has 0 fully saturated rings. The first-order valence-electron chi connectivity index (χ1n) is 8.41. The minimum absolute atomic E-state index is 0.113. The second-order valence-electron chi connectivity index (χ2n) is 6.71. The van der Waals surface area contributed by atoms with Gasteiger partial charge in [0, 0.05) is 17.5 Å². The highest BCUT2D eigenvalue weighted by Gasteiger charge is 2.34. The minimum Gasteiger partial charge on any atom is -0.492 e. The Hall–Kier alpha value is -2.20. The van der Waals surface area contributed by atoms with Crippen LogP contribution in [0.2, 0.25) is 5.02 Å². The first-order chi connectivity index (χ1) is 11.9. The predicted octanol–water partition coefficient (Wildman–Crippen LogP) is 4.77. The quantitative estimate of drug-likeness (QED) is 0.855. The van der Waals surface area contributed by atoms with E-state index in [9.17, 15) is 4.79 Å². The van der Waals surface area contributed by atoms with E-state index >= 15 is 0 Å². The Balaban J connectivity index is 1.82. The largest absolute Gasteiger partial charge is 0.492 e. The predicted molar refractivity (Wildman–Crippen MR) is 98.6 cm³/mol. The van der Waals surface area contributed by atoms with Gasteiger partial charge in [-0.3, -0.25) is 4.79 Å². The maximum absolute atomic E-state index is 12.7. The third-order valence-electron chi connectivity index (χ3n) is 4.18. The van der Waals surface area contributed by atoms with E-state index in [2.05, 4.69) is 5.32 Å². The standard InChI is InChI=1S/C20H22ClNO3/c1-4-24-18-10-9-13(11-15(18)21)19(23)22-16-12-20(2,3)25-17-8-6-5-7-14(16)17/h5-11,16H,4,12H2,1-3H3,(H,22,23)/t16-/m0/s1. The van der Waals surface area contributed by atoms with E-state index in [0.29, 0.717) is 29.4 Å². The van der Waals surface area contributed by atoms with Crippen LogP contribution in [0.5, 0.6) is 11.5 Å². The van der Waals surface area contributed by atoms with Gasteiger partial charge in [-0.05, 0) is 45.0 Å². The molecule has 5 heteroatoms. The lowest BCUT2D eigenvalue weighted by molar-refractivity contribution is 0.0619. The highest BCUT2D eigenvalue weighted by Crippen LogP contribution is 2.39. The molecule has 0 aliphatic carbocycles. The number of para-hydroxylation sites is 1. The van der Waals surface area contributed by atoms with Gasteiger partial charge in [0.2, 0.25) is 0 Å². The van der Waals surface area contributed by atoms with Crippen LogP contribution in [0.25, 0.3) is 0 Å². The van der Waals surface area contributed by atoms with Crippen molar-refractivity contribution < 1.29 is 14.3 Å². The van der Waals surface area contributed by atoms with E-state index in [1.165, 1.54) is 0 Å². The average Bonchev–Trinajstić information content (AvgIpc) is 2.55. The van der Waals surface area contributed by atoms with Crippen molar-refractivity contribution in [2.45, 2.75) is 38.8 Å². The van der Waals surface area contributed by atoms with Crippen LogP contribution in [-0.4, -0.2) is 18.1 Å².